The Bertz CT molecular complexity index is 1570. The number of amides is 1. The fourth-order valence-corrected chi connectivity index (χ4v) is 5.97. The molecule has 2 aliphatic heterocycles. The summed E-state index contributed by atoms with van der Waals surface area (Å²) >= 11 is 13.4. The Morgan fingerprint density at radius 2 is 1.77 bits per heavy atom. The van der Waals surface area contributed by atoms with E-state index in [2.05, 4.69) is 15.6 Å². The Morgan fingerprint density at radius 3 is 2.40 bits per heavy atom. The van der Waals surface area contributed by atoms with E-state index >= 15 is 0 Å². The number of fused-ring (bicyclic) bond motifs is 1. The molecule has 5 rings (SSSR count). The topological polar surface area (TPSA) is 120 Å². The van der Waals surface area contributed by atoms with Crippen molar-refractivity contribution in [1.82, 2.24) is 24.8 Å². The van der Waals surface area contributed by atoms with Crippen molar-refractivity contribution in [2.45, 2.75) is 45.3 Å². The number of anilines is 1. The van der Waals surface area contributed by atoms with Gasteiger partial charge in [-0.3, -0.25) is 14.2 Å². The van der Waals surface area contributed by atoms with Crippen molar-refractivity contribution in [3.05, 3.63) is 50.4 Å². The van der Waals surface area contributed by atoms with E-state index in [1.54, 1.807) is 33.9 Å². The number of allylic oxidation sites excluding steroid dienone is 1. The van der Waals surface area contributed by atoms with E-state index in [0.717, 1.165) is 18.4 Å². The number of nitrogens with zero attached hydrogens (tertiary/aromatic N) is 4. The lowest BCUT2D eigenvalue weighted by molar-refractivity contribution is -0.130. The Balaban J connectivity index is 1.48. The standard InChI is InChI=1S/C30H36Cl2N6O5/c1-17(2)11-24(39)37-15-20(16-37)33-7-8-38-28-18(14-34-30(36-28)35-19-5-9-43-10-6-19)12-21(29(38)40)25-26(31)22(41-3)13-23(42-4)27(25)32/h11-14,19-20,33H,5-10,15-16H2,1-4H3,(H,34,35,36). The van der Waals surface area contributed by atoms with Gasteiger partial charge in [0.2, 0.25) is 11.9 Å². The summed E-state index contributed by atoms with van der Waals surface area (Å²) in [6.45, 7) is 7.15. The minimum Gasteiger partial charge on any atom is -0.495 e. The maximum absolute atomic E-state index is 14.2. The number of ether oxygens (including phenoxy) is 3. The van der Waals surface area contributed by atoms with Crippen LogP contribution in [-0.4, -0.2) is 84.5 Å². The molecule has 1 amide bonds. The summed E-state index contributed by atoms with van der Waals surface area (Å²) in [6, 6.07) is 3.60. The fraction of sp³-hybridized carbons (Fsp3) is 0.467. The van der Waals surface area contributed by atoms with Gasteiger partial charge in [-0.1, -0.05) is 28.8 Å². The van der Waals surface area contributed by atoms with Crippen LogP contribution >= 0.6 is 23.2 Å². The molecule has 0 saturated carbocycles. The summed E-state index contributed by atoms with van der Waals surface area (Å²) in [5, 5.41) is 7.88. The van der Waals surface area contributed by atoms with Gasteiger partial charge in [0.1, 0.15) is 17.1 Å². The highest BCUT2D eigenvalue weighted by atomic mass is 35.5. The number of likely N-dealkylation sites (tertiary alicyclic amines) is 1. The van der Waals surface area contributed by atoms with Crippen LogP contribution < -0.4 is 25.7 Å². The minimum absolute atomic E-state index is 0.0108. The number of hydrogen-bond donors (Lipinski definition) is 2. The van der Waals surface area contributed by atoms with Gasteiger partial charge in [-0.25, -0.2) is 4.98 Å². The highest BCUT2D eigenvalue weighted by Gasteiger charge is 2.29. The van der Waals surface area contributed by atoms with Crippen LogP contribution in [0.2, 0.25) is 10.0 Å². The van der Waals surface area contributed by atoms with Crippen LogP contribution in [0.1, 0.15) is 26.7 Å². The normalized spacial score (nSPS) is 15.7. The highest BCUT2D eigenvalue weighted by molar-refractivity contribution is 6.41. The second kappa shape index (κ2) is 13.5. The average molecular weight is 632 g/mol. The first-order chi connectivity index (χ1) is 20.7. The molecule has 43 heavy (non-hydrogen) atoms. The summed E-state index contributed by atoms with van der Waals surface area (Å²) < 4.78 is 18.0. The zero-order valence-electron chi connectivity index (χ0n) is 24.7. The van der Waals surface area contributed by atoms with Crippen molar-refractivity contribution in [3.8, 4) is 22.6 Å². The lowest BCUT2D eigenvalue weighted by Gasteiger charge is -2.39. The van der Waals surface area contributed by atoms with Crippen molar-refractivity contribution in [1.29, 1.82) is 0 Å². The van der Waals surface area contributed by atoms with Gasteiger partial charge in [0, 0.05) is 80.8 Å². The maximum Gasteiger partial charge on any atom is 0.260 e. The first-order valence-electron chi connectivity index (χ1n) is 14.2. The molecular formula is C30H36Cl2N6O5. The summed E-state index contributed by atoms with van der Waals surface area (Å²) in [7, 11) is 2.97. The Morgan fingerprint density at radius 1 is 1.09 bits per heavy atom. The summed E-state index contributed by atoms with van der Waals surface area (Å²) in [5.74, 6) is 1.11. The summed E-state index contributed by atoms with van der Waals surface area (Å²) in [6.07, 6.45) is 5.03. The molecule has 11 nitrogen and oxygen atoms in total. The van der Waals surface area contributed by atoms with Gasteiger partial charge < -0.3 is 29.7 Å². The van der Waals surface area contributed by atoms with Crippen molar-refractivity contribution in [2.24, 2.45) is 0 Å². The lowest BCUT2D eigenvalue weighted by Crippen LogP contribution is -2.60. The molecule has 0 aliphatic carbocycles. The first kappa shape index (κ1) is 31.1. The molecule has 2 N–H and O–H groups in total. The van der Waals surface area contributed by atoms with Crippen molar-refractivity contribution >= 4 is 46.1 Å². The van der Waals surface area contributed by atoms with E-state index in [1.165, 1.54) is 14.2 Å². The van der Waals surface area contributed by atoms with E-state index in [0.29, 0.717) is 73.4 Å². The number of nitrogens with one attached hydrogen (secondary N) is 2. The second-order valence-electron chi connectivity index (χ2n) is 10.9. The van der Waals surface area contributed by atoms with Crippen LogP contribution in [0.4, 0.5) is 5.95 Å². The number of methoxy groups -OCH3 is 2. The molecule has 1 aromatic carbocycles. The maximum atomic E-state index is 14.2. The van der Waals surface area contributed by atoms with E-state index in [-0.39, 0.29) is 39.2 Å². The average Bonchev–Trinajstić information content (AvgIpc) is 2.96. The largest absolute Gasteiger partial charge is 0.495 e. The number of hydrogen-bond acceptors (Lipinski definition) is 9. The van der Waals surface area contributed by atoms with Gasteiger partial charge >= 0.3 is 0 Å². The number of halogens is 2. The van der Waals surface area contributed by atoms with Crippen LogP contribution in [0.15, 0.2) is 34.8 Å². The molecule has 2 aliphatic rings. The van der Waals surface area contributed by atoms with Gasteiger partial charge in [-0.15, -0.1) is 0 Å². The molecule has 3 aromatic rings. The van der Waals surface area contributed by atoms with E-state index < -0.39 is 0 Å². The van der Waals surface area contributed by atoms with Crippen LogP contribution in [-0.2, 0) is 16.1 Å². The molecule has 2 saturated heterocycles. The number of pyridine rings is 1. The Hall–Kier alpha value is -3.38. The number of rotatable bonds is 10. The van der Waals surface area contributed by atoms with E-state index in [4.69, 9.17) is 42.4 Å². The number of aromatic nitrogens is 3. The monoisotopic (exact) mass is 630 g/mol. The predicted octanol–water partition coefficient (Wildman–Crippen LogP) is 4.14. The Kier molecular flexibility index (Phi) is 9.75. The van der Waals surface area contributed by atoms with E-state index in [9.17, 15) is 9.59 Å². The third kappa shape index (κ3) is 6.75. The van der Waals surface area contributed by atoms with Crippen LogP contribution in [0.25, 0.3) is 22.2 Å². The molecule has 0 radical (unpaired) electrons. The summed E-state index contributed by atoms with van der Waals surface area (Å²) in [5.41, 5.74) is 1.71. The number of carbonyl (C=O) groups excluding carboxylic acids is 1. The van der Waals surface area contributed by atoms with Crippen molar-refractivity contribution in [2.75, 3.05) is 52.4 Å². The quantitative estimate of drug-likeness (QED) is 0.318. The van der Waals surface area contributed by atoms with Gasteiger partial charge in [-0.05, 0) is 32.8 Å². The predicted molar refractivity (Wildman–Crippen MR) is 168 cm³/mol. The van der Waals surface area contributed by atoms with Crippen LogP contribution in [0, 0.1) is 0 Å². The van der Waals surface area contributed by atoms with Crippen LogP contribution in [0.3, 0.4) is 0 Å². The molecule has 2 fully saturated rings. The van der Waals surface area contributed by atoms with Gasteiger partial charge in [0.25, 0.3) is 5.56 Å². The van der Waals surface area contributed by atoms with Gasteiger partial charge in [0.15, 0.2) is 0 Å². The second-order valence-corrected chi connectivity index (χ2v) is 11.7. The number of carbonyl (C=O) groups is 1. The minimum atomic E-state index is -0.321. The van der Waals surface area contributed by atoms with E-state index in [1.807, 2.05) is 13.8 Å². The molecule has 0 spiro atoms. The first-order valence-corrected chi connectivity index (χ1v) is 15.0. The third-order valence-corrected chi connectivity index (χ3v) is 8.35. The zero-order valence-corrected chi connectivity index (χ0v) is 26.2. The molecule has 2 aromatic heterocycles. The smallest absolute Gasteiger partial charge is 0.260 e. The lowest BCUT2D eigenvalue weighted by atomic mass is 10.0. The Labute approximate surface area is 260 Å². The highest BCUT2D eigenvalue weighted by Crippen LogP contribution is 2.45. The van der Waals surface area contributed by atoms with Gasteiger partial charge in [-0.2, -0.15) is 4.98 Å². The fourth-order valence-electron chi connectivity index (χ4n) is 5.27. The summed E-state index contributed by atoms with van der Waals surface area (Å²) in [4.78, 5) is 37.5. The molecule has 0 atom stereocenters. The SMILES string of the molecule is COc1cc(OC)c(Cl)c(-c2cc3cnc(NC4CCOCC4)nc3n(CCNC3CN(C(=O)C=C(C)C)C3)c2=O)c1Cl. The zero-order chi connectivity index (χ0) is 30.7. The van der Waals surface area contributed by atoms with Crippen LogP contribution in [0.5, 0.6) is 11.5 Å². The molecule has 0 bridgehead atoms. The molecule has 4 heterocycles. The molecule has 13 heteroatoms. The molecule has 230 valence electrons. The van der Waals surface area contributed by atoms with Gasteiger partial charge in [0.05, 0.1) is 29.8 Å². The molecular weight excluding hydrogens is 595 g/mol. The van der Waals surface area contributed by atoms with Crippen molar-refractivity contribution < 1.29 is 19.0 Å². The number of benzene rings is 1. The third-order valence-electron chi connectivity index (χ3n) is 7.60. The molecule has 0 unspecified atom stereocenters. The van der Waals surface area contributed by atoms with Crippen molar-refractivity contribution in [3.63, 3.8) is 0 Å².